The third kappa shape index (κ3) is 5.05. The number of hydrogen-bond acceptors (Lipinski definition) is 3. The molecule has 1 N–H and O–H groups in total. The van der Waals surface area contributed by atoms with Gasteiger partial charge in [-0.1, -0.05) is 0 Å². The van der Waals surface area contributed by atoms with Crippen LogP contribution < -0.4 is 5.32 Å². The average molecular weight is 334 g/mol. The Hall–Kier alpha value is -1.90. The van der Waals surface area contributed by atoms with Gasteiger partial charge in [0.2, 0.25) is 0 Å². The molecule has 0 spiro atoms. The number of nitrogens with zero attached hydrogens (tertiary/aromatic N) is 3. The van der Waals surface area contributed by atoms with Crippen molar-refractivity contribution < 1.29 is 22.4 Å². The molecule has 1 aliphatic heterocycles. The SMILES string of the molecule is C[C@@H]1CN(C(=O)NCc2ncccc2F)CCN1CC(F)(F)F. The predicted octanol–water partition coefficient (Wildman–Crippen LogP) is 2.00. The summed E-state index contributed by atoms with van der Waals surface area (Å²) in [6.07, 6.45) is -2.84. The molecular weight excluding hydrogens is 316 g/mol. The van der Waals surface area contributed by atoms with Gasteiger partial charge in [0, 0.05) is 31.9 Å². The molecule has 0 saturated carbocycles. The van der Waals surface area contributed by atoms with Crippen LogP contribution in [0.25, 0.3) is 0 Å². The molecule has 1 atom stereocenters. The molecule has 0 unspecified atom stereocenters. The van der Waals surface area contributed by atoms with Gasteiger partial charge in [0.05, 0.1) is 18.8 Å². The number of aromatic nitrogens is 1. The number of hydrogen-bond donors (Lipinski definition) is 1. The Morgan fingerprint density at radius 2 is 2.17 bits per heavy atom. The van der Waals surface area contributed by atoms with Gasteiger partial charge in [-0.05, 0) is 19.1 Å². The number of carbonyl (C=O) groups is 1. The summed E-state index contributed by atoms with van der Waals surface area (Å²) in [5.41, 5.74) is 0.115. The number of urea groups is 1. The van der Waals surface area contributed by atoms with Crippen molar-refractivity contribution in [2.45, 2.75) is 25.7 Å². The van der Waals surface area contributed by atoms with Gasteiger partial charge in [-0.15, -0.1) is 0 Å². The van der Waals surface area contributed by atoms with Crippen molar-refractivity contribution in [3.63, 3.8) is 0 Å². The number of rotatable bonds is 3. The van der Waals surface area contributed by atoms with E-state index in [1.54, 1.807) is 6.92 Å². The van der Waals surface area contributed by atoms with Crippen molar-refractivity contribution in [2.24, 2.45) is 0 Å². The standard InChI is InChI=1S/C14H18F4N4O/c1-10-8-21(5-6-22(10)9-14(16,17)18)13(23)20-7-12-11(15)3-2-4-19-12/h2-4,10H,5-9H2,1H3,(H,20,23)/t10-/m1/s1. The van der Waals surface area contributed by atoms with Gasteiger partial charge >= 0.3 is 12.2 Å². The summed E-state index contributed by atoms with van der Waals surface area (Å²) >= 11 is 0. The van der Waals surface area contributed by atoms with E-state index in [4.69, 9.17) is 0 Å². The van der Waals surface area contributed by atoms with Gasteiger partial charge in [-0.25, -0.2) is 9.18 Å². The van der Waals surface area contributed by atoms with E-state index in [0.29, 0.717) is 0 Å². The van der Waals surface area contributed by atoms with Crippen LogP contribution in [-0.4, -0.2) is 59.2 Å². The van der Waals surface area contributed by atoms with Gasteiger partial charge in [-0.2, -0.15) is 13.2 Å². The zero-order valence-corrected chi connectivity index (χ0v) is 12.6. The summed E-state index contributed by atoms with van der Waals surface area (Å²) in [6, 6.07) is 1.85. The molecule has 0 aromatic carbocycles. The molecule has 9 heteroatoms. The van der Waals surface area contributed by atoms with E-state index in [1.165, 1.54) is 28.1 Å². The monoisotopic (exact) mass is 334 g/mol. The number of carbonyl (C=O) groups excluding carboxylic acids is 1. The molecule has 0 aliphatic carbocycles. The number of halogens is 4. The van der Waals surface area contributed by atoms with Crippen LogP contribution in [0.1, 0.15) is 12.6 Å². The molecule has 2 rings (SSSR count). The van der Waals surface area contributed by atoms with Gasteiger partial charge < -0.3 is 10.2 Å². The molecule has 1 aliphatic rings. The highest BCUT2D eigenvalue weighted by Gasteiger charge is 2.35. The molecule has 2 amide bonds. The van der Waals surface area contributed by atoms with E-state index in [9.17, 15) is 22.4 Å². The lowest BCUT2D eigenvalue weighted by molar-refractivity contribution is -0.153. The van der Waals surface area contributed by atoms with E-state index < -0.39 is 30.6 Å². The number of piperazine rings is 1. The molecule has 1 aromatic heterocycles. The van der Waals surface area contributed by atoms with Gasteiger partial charge in [0.1, 0.15) is 5.82 Å². The minimum atomic E-state index is -4.25. The maximum atomic E-state index is 13.4. The summed E-state index contributed by atoms with van der Waals surface area (Å²) in [5.74, 6) is -0.517. The maximum absolute atomic E-state index is 13.4. The van der Waals surface area contributed by atoms with Crippen molar-refractivity contribution in [1.82, 2.24) is 20.1 Å². The maximum Gasteiger partial charge on any atom is 0.401 e. The van der Waals surface area contributed by atoms with Crippen LogP contribution in [0.5, 0.6) is 0 Å². The molecule has 1 aromatic rings. The number of pyridine rings is 1. The van der Waals surface area contributed by atoms with E-state index in [1.807, 2.05) is 0 Å². The zero-order valence-electron chi connectivity index (χ0n) is 12.6. The first-order valence-corrected chi connectivity index (χ1v) is 7.19. The fraction of sp³-hybridized carbons (Fsp3) is 0.571. The molecule has 128 valence electrons. The van der Waals surface area contributed by atoms with Gasteiger partial charge in [0.15, 0.2) is 0 Å². The Balaban J connectivity index is 1.84. The second kappa shape index (κ2) is 7.12. The molecule has 2 heterocycles. The summed E-state index contributed by atoms with van der Waals surface area (Å²) in [4.78, 5) is 18.6. The Kier molecular flexibility index (Phi) is 5.40. The van der Waals surface area contributed by atoms with Gasteiger partial charge in [-0.3, -0.25) is 9.88 Å². The number of amides is 2. The topological polar surface area (TPSA) is 48.5 Å². The van der Waals surface area contributed by atoms with Gasteiger partial charge in [0.25, 0.3) is 0 Å². The first-order chi connectivity index (χ1) is 10.8. The summed E-state index contributed by atoms with van der Waals surface area (Å²) in [7, 11) is 0. The molecule has 0 radical (unpaired) electrons. The second-order valence-electron chi connectivity index (χ2n) is 5.47. The molecule has 23 heavy (non-hydrogen) atoms. The van der Waals surface area contributed by atoms with Crippen LogP contribution in [0, 0.1) is 5.82 Å². The van der Waals surface area contributed by atoms with Crippen molar-refractivity contribution in [3.8, 4) is 0 Å². The molecule has 1 fully saturated rings. The van der Waals surface area contributed by atoms with Crippen LogP contribution in [0.3, 0.4) is 0 Å². The molecular formula is C14H18F4N4O. The van der Waals surface area contributed by atoms with Crippen LogP contribution >= 0.6 is 0 Å². The predicted molar refractivity (Wildman–Crippen MR) is 75.1 cm³/mol. The first kappa shape index (κ1) is 17.5. The normalized spacial score (nSPS) is 19.7. The Morgan fingerprint density at radius 1 is 1.43 bits per heavy atom. The quantitative estimate of drug-likeness (QED) is 0.860. The lowest BCUT2D eigenvalue weighted by Crippen LogP contribution is -2.57. The lowest BCUT2D eigenvalue weighted by atomic mass is 10.2. The third-order valence-electron chi connectivity index (χ3n) is 3.68. The van der Waals surface area contributed by atoms with Crippen LogP contribution in [-0.2, 0) is 6.54 Å². The summed E-state index contributed by atoms with van der Waals surface area (Å²) in [5, 5.41) is 2.54. The molecule has 1 saturated heterocycles. The van der Waals surface area contributed by atoms with Crippen LogP contribution in [0.15, 0.2) is 18.3 Å². The number of nitrogens with one attached hydrogen (secondary N) is 1. The zero-order chi connectivity index (χ0) is 17.0. The fourth-order valence-corrected chi connectivity index (χ4v) is 2.46. The highest BCUT2D eigenvalue weighted by Crippen LogP contribution is 2.20. The fourth-order valence-electron chi connectivity index (χ4n) is 2.46. The first-order valence-electron chi connectivity index (χ1n) is 7.19. The van der Waals surface area contributed by atoms with E-state index in [0.717, 1.165) is 0 Å². The van der Waals surface area contributed by atoms with Crippen molar-refractivity contribution in [1.29, 1.82) is 0 Å². The van der Waals surface area contributed by atoms with Crippen LogP contribution in [0.2, 0.25) is 0 Å². The minimum absolute atomic E-state index is 0.0668. The van der Waals surface area contributed by atoms with E-state index in [2.05, 4.69) is 10.3 Å². The minimum Gasteiger partial charge on any atom is -0.332 e. The summed E-state index contributed by atoms with van der Waals surface area (Å²) in [6.45, 7) is 1.12. The van der Waals surface area contributed by atoms with E-state index in [-0.39, 0.29) is 31.9 Å². The van der Waals surface area contributed by atoms with Crippen molar-refractivity contribution in [2.75, 3.05) is 26.2 Å². The highest BCUT2D eigenvalue weighted by molar-refractivity contribution is 5.74. The average Bonchev–Trinajstić information content (AvgIpc) is 2.47. The summed E-state index contributed by atoms with van der Waals surface area (Å²) < 4.78 is 50.7. The van der Waals surface area contributed by atoms with Crippen molar-refractivity contribution in [3.05, 3.63) is 29.8 Å². The van der Waals surface area contributed by atoms with E-state index >= 15 is 0 Å². The Bertz CT molecular complexity index is 552. The van der Waals surface area contributed by atoms with Crippen molar-refractivity contribution >= 4 is 6.03 Å². The smallest absolute Gasteiger partial charge is 0.332 e. The molecule has 0 bridgehead atoms. The second-order valence-corrected chi connectivity index (χ2v) is 5.47. The molecule has 5 nitrogen and oxygen atoms in total. The van der Waals surface area contributed by atoms with Crippen LogP contribution in [0.4, 0.5) is 22.4 Å². The third-order valence-corrected chi connectivity index (χ3v) is 3.68. The Labute approximate surface area is 131 Å². The highest BCUT2D eigenvalue weighted by atomic mass is 19.4. The lowest BCUT2D eigenvalue weighted by Gasteiger charge is -2.39. The largest absolute Gasteiger partial charge is 0.401 e. The number of alkyl halides is 3. The Morgan fingerprint density at radius 3 is 2.78 bits per heavy atom.